The summed E-state index contributed by atoms with van der Waals surface area (Å²) in [4.78, 5) is 0. The van der Waals surface area contributed by atoms with E-state index in [0.29, 0.717) is 0 Å². The molecule has 0 aliphatic heterocycles. The average molecular weight is 415 g/mol. The number of rotatable bonds is 12. The van der Waals surface area contributed by atoms with Crippen LogP contribution in [0.3, 0.4) is 0 Å². The second-order valence-electron chi connectivity index (χ2n) is 8.61. The predicted molar refractivity (Wildman–Crippen MR) is 135 cm³/mol. The highest BCUT2D eigenvalue weighted by molar-refractivity contribution is 5.74. The number of aliphatic hydroxyl groups excluding tert-OH is 1. The second kappa shape index (κ2) is 12.5. The van der Waals surface area contributed by atoms with Crippen LogP contribution in [0.4, 0.5) is 0 Å². The van der Waals surface area contributed by atoms with Gasteiger partial charge in [-0.3, -0.25) is 0 Å². The minimum absolute atomic E-state index is 0.284. The lowest BCUT2D eigenvalue weighted by molar-refractivity contribution is 0.284. The lowest BCUT2D eigenvalue weighted by Gasteiger charge is -2.12. The maximum atomic E-state index is 8.97. The summed E-state index contributed by atoms with van der Waals surface area (Å²) in [6.07, 6.45) is 10.4. The molecular formula is C30H38O. The lowest BCUT2D eigenvalue weighted by atomic mass is 9.92. The standard InChI is InChI=1S/C30H38O/c1-3-5-6-7-10-24-12-16-27(17-13-24)29-20-21-30(26(4-2)23-29)28-18-14-25(15-19-28)11-8-9-22-31/h12-21,23,31H,3-11,22H2,1-2H3. The number of aryl methyl sites for hydroxylation is 3. The van der Waals surface area contributed by atoms with Crippen LogP contribution in [0.2, 0.25) is 0 Å². The molecule has 0 bridgehead atoms. The van der Waals surface area contributed by atoms with Crippen molar-refractivity contribution in [2.75, 3.05) is 6.61 Å². The first-order valence-electron chi connectivity index (χ1n) is 12.2. The van der Waals surface area contributed by atoms with E-state index in [0.717, 1.165) is 25.7 Å². The van der Waals surface area contributed by atoms with Gasteiger partial charge in [-0.1, -0.05) is 99.8 Å². The van der Waals surface area contributed by atoms with E-state index < -0.39 is 0 Å². The molecule has 0 aliphatic carbocycles. The van der Waals surface area contributed by atoms with Crippen LogP contribution < -0.4 is 0 Å². The monoisotopic (exact) mass is 414 g/mol. The van der Waals surface area contributed by atoms with E-state index in [1.807, 2.05) is 0 Å². The van der Waals surface area contributed by atoms with Crippen molar-refractivity contribution in [3.63, 3.8) is 0 Å². The highest BCUT2D eigenvalue weighted by Gasteiger charge is 2.07. The van der Waals surface area contributed by atoms with E-state index in [1.165, 1.54) is 71.0 Å². The summed E-state index contributed by atoms with van der Waals surface area (Å²) in [6.45, 7) is 4.79. The van der Waals surface area contributed by atoms with Gasteiger partial charge in [-0.15, -0.1) is 0 Å². The molecule has 0 saturated carbocycles. The van der Waals surface area contributed by atoms with Crippen molar-refractivity contribution < 1.29 is 5.11 Å². The SMILES string of the molecule is CCCCCCc1ccc(-c2ccc(-c3ccc(CCCCO)cc3)c(CC)c2)cc1. The van der Waals surface area contributed by atoms with Crippen LogP contribution in [-0.4, -0.2) is 11.7 Å². The topological polar surface area (TPSA) is 20.2 Å². The second-order valence-corrected chi connectivity index (χ2v) is 8.61. The zero-order valence-corrected chi connectivity index (χ0v) is 19.4. The summed E-state index contributed by atoms with van der Waals surface area (Å²) in [7, 11) is 0. The minimum Gasteiger partial charge on any atom is -0.396 e. The molecule has 0 unspecified atom stereocenters. The Morgan fingerprint density at radius 1 is 0.581 bits per heavy atom. The van der Waals surface area contributed by atoms with Crippen molar-refractivity contribution in [2.45, 2.75) is 71.6 Å². The van der Waals surface area contributed by atoms with Crippen LogP contribution in [0.5, 0.6) is 0 Å². The summed E-state index contributed by atoms with van der Waals surface area (Å²) in [6, 6.07) is 25.0. The molecule has 0 atom stereocenters. The molecule has 3 aromatic carbocycles. The molecule has 0 aliphatic rings. The number of aliphatic hydroxyl groups is 1. The molecule has 0 fully saturated rings. The Bertz CT molecular complexity index is 906. The molecule has 1 nitrogen and oxygen atoms in total. The molecule has 0 amide bonds. The van der Waals surface area contributed by atoms with Gasteiger partial charge in [-0.25, -0.2) is 0 Å². The molecule has 1 N–H and O–H groups in total. The van der Waals surface area contributed by atoms with E-state index in [4.69, 9.17) is 5.11 Å². The minimum atomic E-state index is 0.284. The van der Waals surface area contributed by atoms with Gasteiger partial charge in [0.15, 0.2) is 0 Å². The maximum absolute atomic E-state index is 8.97. The van der Waals surface area contributed by atoms with Crippen molar-refractivity contribution in [1.29, 1.82) is 0 Å². The fraction of sp³-hybridized carbons (Fsp3) is 0.400. The van der Waals surface area contributed by atoms with Crippen LogP contribution in [0.15, 0.2) is 66.7 Å². The van der Waals surface area contributed by atoms with Gasteiger partial charge in [0, 0.05) is 6.61 Å². The highest BCUT2D eigenvalue weighted by Crippen LogP contribution is 2.30. The van der Waals surface area contributed by atoms with Crippen LogP contribution in [0.25, 0.3) is 22.3 Å². The summed E-state index contributed by atoms with van der Waals surface area (Å²) in [5, 5.41) is 8.97. The van der Waals surface area contributed by atoms with Crippen LogP contribution in [0, 0.1) is 0 Å². The molecule has 3 aromatic rings. The van der Waals surface area contributed by atoms with E-state index in [-0.39, 0.29) is 6.61 Å². The number of hydrogen-bond donors (Lipinski definition) is 1. The van der Waals surface area contributed by atoms with Gasteiger partial charge >= 0.3 is 0 Å². The first kappa shape index (κ1) is 23.3. The van der Waals surface area contributed by atoms with E-state index in [2.05, 4.69) is 80.6 Å². The molecule has 1 heteroatoms. The normalized spacial score (nSPS) is 11.1. The smallest absolute Gasteiger partial charge is 0.0431 e. The Morgan fingerprint density at radius 3 is 1.74 bits per heavy atom. The number of benzene rings is 3. The molecule has 0 radical (unpaired) electrons. The third kappa shape index (κ3) is 6.80. The first-order valence-corrected chi connectivity index (χ1v) is 12.2. The molecular weight excluding hydrogens is 376 g/mol. The zero-order valence-electron chi connectivity index (χ0n) is 19.4. The van der Waals surface area contributed by atoms with Crippen molar-refractivity contribution >= 4 is 0 Å². The van der Waals surface area contributed by atoms with Crippen LogP contribution in [0.1, 0.15) is 69.1 Å². The van der Waals surface area contributed by atoms with Crippen molar-refractivity contribution in [1.82, 2.24) is 0 Å². The Morgan fingerprint density at radius 2 is 1.16 bits per heavy atom. The third-order valence-corrected chi connectivity index (χ3v) is 6.23. The Balaban J connectivity index is 1.71. The predicted octanol–water partition coefficient (Wildman–Crippen LogP) is 8.02. The van der Waals surface area contributed by atoms with E-state index >= 15 is 0 Å². The van der Waals surface area contributed by atoms with E-state index in [1.54, 1.807) is 0 Å². The Hall–Kier alpha value is -2.38. The fourth-order valence-corrected chi connectivity index (χ4v) is 4.26. The Kier molecular flexibility index (Phi) is 9.37. The van der Waals surface area contributed by atoms with Crippen LogP contribution >= 0.6 is 0 Å². The van der Waals surface area contributed by atoms with Crippen molar-refractivity contribution in [2.24, 2.45) is 0 Å². The van der Waals surface area contributed by atoms with Gasteiger partial charge in [0.05, 0.1) is 0 Å². The molecule has 0 spiro atoms. The van der Waals surface area contributed by atoms with E-state index in [9.17, 15) is 0 Å². The lowest BCUT2D eigenvalue weighted by Crippen LogP contribution is -1.92. The third-order valence-electron chi connectivity index (χ3n) is 6.23. The van der Waals surface area contributed by atoms with Crippen LogP contribution in [-0.2, 0) is 19.3 Å². The average Bonchev–Trinajstić information content (AvgIpc) is 2.82. The molecule has 0 saturated heterocycles. The molecule has 3 rings (SSSR count). The summed E-state index contributed by atoms with van der Waals surface area (Å²) < 4.78 is 0. The Labute approximate surface area is 189 Å². The summed E-state index contributed by atoms with van der Waals surface area (Å²) >= 11 is 0. The van der Waals surface area contributed by atoms with Gasteiger partial charge in [-0.05, 0) is 77.5 Å². The molecule has 0 aromatic heterocycles. The number of unbranched alkanes of at least 4 members (excludes halogenated alkanes) is 4. The van der Waals surface area contributed by atoms with Crippen molar-refractivity contribution in [3.8, 4) is 22.3 Å². The highest BCUT2D eigenvalue weighted by atomic mass is 16.2. The molecule has 0 heterocycles. The summed E-state index contributed by atoms with van der Waals surface area (Å²) in [5.74, 6) is 0. The first-order chi connectivity index (χ1) is 15.2. The fourth-order valence-electron chi connectivity index (χ4n) is 4.26. The quantitative estimate of drug-likeness (QED) is 0.297. The largest absolute Gasteiger partial charge is 0.396 e. The molecule has 31 heavy (non-hydrogen) atoms. The molecule has 164 valence electrons. The maximum Gasteiger partial charge on any atom is 0.0431 e. The van der Waals surface area contributed by atoms with Gasteiger partial charge in [0.25, 0.3) is 0 Å². The number of hydrogen-bond acceptors (Lipinski definition) is 1. The summed E-state index contributed by atoms with van der Waals surface area (Å²) in [5.41, 5.74) is 9.43. The van der Waals surface area contributed by atoms with Gasteiger partial charge in [0.1, 0.15) is 0 Å². The zero-order chi connectivity index (χ0) is 21.9. The van der Waals surface area contributed by atoms with Gasteiger partial charge in [0.2, 0.25) is 0 Å². The van der Waals surface area contributed by atoms with Crippen molar-refractivity contribution in [3.05, 3.63) is 83.4 Å². The van der Waals surface area contributed by atoms with Gasteiger partial charge < -0.3 is 5.11 Å². The van der Waals surface area contributed by atoms with Gasteiger partial charge in [-0.2, -0.15) is 0 Å².